The maximum atomic E-state index is 13.6. The Morgan fingerprint density at radius 3 is 2.57 bits per heavy atom. The second-order valence-electron chi connectivity index (χ2n) is 8.28. The van der Waals surface area contributed by atoms with E-state index in [2.05, 4.69) is 15.5 Å². The van der Waals surface area contributed by atoms with Crippen molar-refractivity contribution in [3.8, 4) is 17.4 Å². The molecule has 0 fully saturated rings. The van der Waals surface area contributed by atoms with E-state index >= 15 is 0 Å². The van der Waals surface area contributed by atoms with Gasteiger partial charge in [0.15, 0.2) is 5.57 Å². The van der Waals surface area contributed by atoms with Gasteiger partial charge in [0.25, 0.3) is 11.5 Å². The van der Waals surface area contributed by atoms with Crippen LogP contribution in [0.25, 0.3) is 23.0 Å². The van der Waals surface area contributed by atoms with Gasteiger partial charge in [0.1, 0.15) is 16.4 Å². The number of aryl methyl sites for hydroxylation is 1. The number of thiazole rings is 1. The van der Waals surface area contributed by atoms with Gasteiger partial charge in [0, 0.05) is 6.04 Å². The average Bonchev–Trinajstić information content (AvgIpc) is 3.42. The van der Waals surface area contributed by atoms with E-state index in [4.69, 9.17) is 0 Å². The Morgan fingerprint density at radius 2 is 1.89 bits per heavy atom. The summed E-state index contributed by atoms with van der Waals surface area (Å²) in [6, 6.07) is 16.9. The maximum Gasteiger partial charge on any atom is 0.273 e. The zero-order valence-corrected chi connectivity index (χ0v) is 20.6. The van der Waals surface area contributed by atoms with E-state index in [1.165, 1.54) is 9.36 Å². The second kappa shape index (κ2) is 9.91. The number of amides is 1. The molecule has 4 rings (SSSR count). The van der Waals surface area contributed by atoms with Gasteiger partial charge < -0.3 is 5.32 Å². The molecular weight excluding hydrogens is 460 g/mol. The topological polar surface area (TPSA) is 106 Å². The lowest BCUT2D eigenvalue weighted by molar-refractivity contribution is -0.116. The zero-order chi connectivity index (χ0) is 25.1. The Hall–Kier alpha value is -4.29. The molecule has 2 aromatic heterocycles. The lowest BCUT2D eigenvalue weighted by Gasteiger charge is -2.10. The molecule has 2 heterocycles. The summed E-state index contributed by atoms with van der Waals surface area (Å²) in [5.74, 6) is -0.524. The van der Waals surface area contributed by atoms with Gasteiger partial charge in [-0.15, -0.1) is 16.4 Å². The van der Waals surface area contributed by atoms with E-state index in [1.54, 1.807) is 12.3 Å². The number of rotatable bonds is 5. The minimum atomic E-state index is -0.524. The first kappa shape index (κ1) is 23.9. The van der Waals surface area contributed by atoms with Crippen LogP contribution in [0.15, 0.2) is 59.5 Å². The van der Waals surface area contributed by atoms with E-state index < -0.39 is 5.91 Å². The van der Waals surface area contributed by atoms with E-state index in [0.717, 1.165) is 28.2 Å². The molecular formula is C26H24N6O2S. The summed E-state index contributed by atoms with van der Waals surface area (Å²) in [5.41, 5.74) is 3.32. The van der Waals surface area contributed by atoms with Crippen molar-refractivity contribution >= 4 is 28.9 Å². The van der Waals surface area contributed by atoms with E-state index in [9.17, 15) is 14.9 Å². The first-order valence-corrected chi connectivity index (χ1v) is 11.8. The fourth-order valence-corrected chi connectivity index (χ4v) is 4.62. The fourth-order valence-electron chi connectivity index (χ4n) is 3.54. The van der Waals surface area contributed by atoms with Crippen molar-refractivity contribution in [1.82, 2.24) is 24.9 Å². The number of nitrogens with one attached hydrogen (secondary N) is 1. The largest absolute Gasteiger partial charge is 0.349 e. The molecule has 0 bridgehead atoms. The lowest BCUT2D eigenvalue weighted by atomic mass is 10.1. The Morgan fingerprint density at radius 1 is 1.14 bits per heavy atom. The highest BCUT2D eigenvalue weighted by atomic mass is 32.1. The van der Waals surface area contributed by atoms with E-state index in [-0.39, 0.29) is 21.8 Å². The third-order valence-corrected chi connectivity index (χ3v) is 6.48. The van der Waals surface area contributed by atoms with Crippen molar-refractivity contribution in [3.63, 3.8) is 0 Å². The van der Waals surface area contributed by atoms with Crippen LogP contribution in [0, 0.1) is 25.2 Å². The summed E-state index contributed by atoms with van der Waals surface area (Å²) in [5, 5.41) is 21.4. The predicted molar refractivity (Wildman–Crippen MR) is 136 cm³/mol. The van der Waals surface area contributed by atoms with Gasteiger partial charge >= 0.3 is 0 Å². The molecule has 0 aliphatic carbocycles. The predicted octanol–water partition coefficient (Wildman–Crippen LogP) is 2.12. The number of hydrogen-bond donors (Lipinski definition) is 1. The number of nitrogens with zero attached hydrogens (tertiary/aromatic N) is 5. The van der Waals surface area contributed by atoms with Gasteiger partial charge in [-0.05, 0) is 63.1 Å². The number of carbonyl (C=O) groups is 1. The highest BCUT2D eigenvalue weighted by Crippen LogP contribution is 2.15. The van der Waals surface area contributed by atoms with Gasteiger partial charge in [0.2, 0.25) is 0 Å². The average molecular weight is 485 g/mol. The number of carbonyl (C=O) groups excluding carboxylic acids is 1. The Balaban J connectivity index is 1.98. The van der Waals surface area contributed by atoms with Crippen LogP contribution in [0.4, 0.5) is 0 Å². The van der Waals surface area contributed by atoms with Gasteiger partial charge in [-0.3, -0.25) is 14.2 Å². The van der Waals surface area contributed by atoms with Crippen molar-refractivity contribution < 1.29 is 4.79 Å². The minimum Gasteiger partial charge on any atom is -0.349 e. The monoisotopic (exact) mass is 484 g/mol. The summed E-state index contributed by atoms with van der Waals surface area (Å²) < 4.78 is 2.05. The van der Waals surface area contributed by atoms with Crippen LogP contribution in [-0.4, -0.2) is 31.5 Å². The van der Waals surface area contributed by atoms with Gasteiger partial charge in [0.05, 0.1) is 22.1 Å². The van der Waals surface area contributed by atoms with Crippen LogP contribution in [-0.2, 0) is 4.79 Å². The Labute approximate surface area is 206 Å². The fraction of sp³-hybridized carbons (Fsp3) is 0.192. The van der Waals surface area contributed by atoms with Crippen LogP contribution in [0.3, 0.4) is 0 Å². The molecule has 35 heavy (non-hydrogen) atoms. The zero-order valence-electron chi connectivity index (χ0n) is 19.8. The number of hydrogen-bond acceptors (Lipinski definition) is 6. The molecule has 0 radical (unpaired) electrons. The van der Waals surface area contributed by atoms with Gasteiger partial charge in [-0.1, -0.05) is 30.3 Å². The number of para-hydroxylation sites is 1. The number of benzene rings is 2. The van der Waals surface area contributed by atoms with Crippen LogP contribution < -0.4 is 20.1 Å². The normalized spacial score (nSPS) is 12.5. The van der Waals surface area contributed by atoms with Crippen molar-refractivity contribution in [2.45, 2.75) is 33.7 Å². The lowest BCUT2D eigenvalue weighted by Crippen LogP contribution is -2.36. The molecule has 0 unspecified atom stereocenters. The highest BCUT2D eigenvalue weighted by Gasteiger charge is 2.19. The maximum absolute atomic E-state index is 13.6. The smallest absolute Gasteiger partial charge is 0.273 e. The molecule has 0 saturated heterocycles. The third kappa shape index (κ3) is 4.83. The first-order chi connectivity index (χ1) is 16.8. The van der Waals surface area contributed by atoms with Gasteiger partial charge in [-0.25, -0.2) is 0 Å². The molecule has 1 N–H and O–H groups in total. The van der Waals surface area contributed by atoms with Crippen LogP contribution >= 0.6 is 11.3 Å². The van der Waals surface area contributed by atoms with E-state index in [1.807, 2.05) is 82.3 Å². The molecule has 9 heteroatoms. The third-order valence-electron chi connectivity index (χ3n) is 5.39. The molecule has 0 atom stereocenters. The van der Waals surface area contributed by atoms with Crippen molar-refractivity contribution in [3.05, 3.63) is 91.1 Å². The molecule has 1 amide bonds. The standard InChI is InChI=1S/C26H24N6O2S/c1-16(2)29-24(33)21(14-27)26-31(22-12-8-9-17(3)18(22)4)25(34)23(35-26)13-19-15-28-32(30-19)20-10-6-5-7-11-20/h5-13,15-16H,1-4H3,(H,29,33). The van der Waals surface area contributed by atoms with Crippen LogP contribution in [0.1, 0.15) is 30.7 Å². The summed E-state index contributed by atoms with van der Waals surface area (Å²) in [4.78, 5) is 28.0. The Bertz CT molecular complexity index is 1620. The van der Waals surface area contributed by atoms with Crippen molar-refractivity contribution in [2.24, 2.45) is 0 Å². The van der Waals surface area contributed by atoms with Crippen molar-refractivity contribution in [2.75, 3.05) is 0 Å². The summed E-state index contributed by atoms with van der Waals surface area (Å²) in [6.45, 7) is 7.49. The van der Waals surface area contributed by atoms with Crippen LogP contribution in [0.2, 0.25) is 0 Å². The van der Waals surface area contributed by atoms with E-state index in [0.29, 0.717) is 15.9 Å². The quantitative estimate of drug-likeness (QED) is 0.467. The number of aromatic nitrogens is 4. The molecule has 176 valence electrons. The Kier molecular flexibility index (Phi) is 6.75. The van der Waals surface area contributed by atoms with Crippen LogP contribution in [0.5, 0.6) is 0 Å². The first-order valence-electron chi connectivity index (χ1n) is 11.0. The summed E-state index contributed by atoms with van der Waals surface area (Å²) in [6.07, 6.45) is 3.19. The number of nitriles is 1. The highest BCUT2D eigenvalue weighted by molar-refractivity contribution is 7.07. The summed E-state index contributed by atoms with van der Waals surface area (Å²) >= 11 is 1.08. The molecule has 0 saturated carbocycles. The molecule has 0 aliphatic heterocycles. The summed E-state index contributed by atoms with van der Waals surface area (Å²) in [7, 11) is 0. The van der Waals surface area contributed by atoms with Crippen molar-refractivity contribution in [1.29, 1.82) is 5.26 Å². The molecule has 0 spiro atoms. The minimum absolute atomic E-state index is 0.116. The van der Waals surface area contributed by atoms with Gasteiger partial charge in [-0.2, -0.15) is 15.2 Å². The second-order valence-corrected chi connectivity index (χ2v) is 9.32. The molecule has 8 nitrogen and oxygen atoms in total. The molecule has 0 aliphatic rings. The molecule has 4 aromatic rings. The molecule has 2 aromatic carbocycles. The SMILES string of the molecule is Cc1cccc(-n2c(=C(C#N)C(=O)NC(C)C)sc(=Cc3cnn(-c4ccccc4)n3)c2=O)c1C.